The molecular weight excluding hydrogens is 187 g/mol. The number of nitriles is 1. The molecule has 0 bridgehead atoms. The SMILES string of the molecule is N#Cc1cc(C=C[N+](=O)[O-])ccc1F. The van der Waals surface area contributed by atoms with Crippen molar-refractivity contribution in [2.75, 3.05) is 0 Å². The maximum absolute atomic E-state index is 12.8. The maximum Gasteiger partial charge on any atom is 0.235 e. The largest absolute Gasteiger partial charge is 0.259 e. The van der Waals surface area contributed by atoms with Crippen molar-refractivity contribution in [3.05, 3.63) is 51.5 Å². The number of halogens is 1. The Morgan fingerprint density at radius 3 is 2.86 bits per heavy atom. The number of hydrogen-bond acceptors (Lipinski definition) is 3. The molecule has 0 radical (unpaired) electrons. The molecule has 0 heterocycles. The molecule has 1 aromatic rings. The first-order valence-electron chi connectivity index (χ1n) is 3.65. The second-order valence-electron chi connectivity index (χ2n) is 2.45. The van der Waals surface area contributed by atoms with E-state index in [0.717, 1.165) is 12.3 Å². The summed E-state index contributed by atoms with van der Waals surface area (Å²) >= 11 is 0. The third-order valence-corrected chi connectivity index (χ3v) is 1.50. The van der Waals surface area contributed by atoms with Gasteiger partial charge in [-0.2, -0.15) is 5.26 Å². The molecule has 0 spiro atoms. The molecule has 0 amide bonds. The summed E-state index contributed by atoms with van der Waals surface area (Å²) < 4.78 is 12.8. The number of benzene rings is 1. The lowest BCUT2D eigenvalue weighted by Crippen LogP contribution is -1.86. The lowest BCUT2D eigenvalue weighted by Gasteiger charge is -1.94. The van der Waals surface area contributed by atoms with Crippen LogP contribution in [0.1, 0.15) is 11.1 Å². The third kappa shape index (κ3) is 2.38. The first-order valence-corrected chi connectivity index (χ1v) is 3.65. The monoisotopic (exact) mass is 192 g/mol. The van der Waals surface area contributed by atoms with Crippen LogP contribution in [0.15, 0.2) is 24.4 Å². The van der Waals surface area contributed by atoms with E-state index < -0.39 is 10.7 Å². The van der Waals surface area contributed by atoms with Crippen molar-refractivity contribution in [1.29, 1.82) is 5.26 Å². The molecule has 1 aromatic carbocycles. The van der Waals surface area contributed by atoms with E-state index in [1.807, 2.05) is 0 Å². The number of rotatable bonds is 2. The second-order valence-corrected chi connectivity index (χ2v) is 2.45. The van der Waals surface area contributed by atoms with Crippen molar-refractivity contribution in [2.24, 2.45) is 0 Å². The van der Waals surface area contributed by atoms with Crippen LogP contribution < -0.4 is 0 Å². The molecule has 0 unspecified atom stereocenters. The van der Waals surface area contributed by atoms with E-state index in [1.165, 1.54) is 18.2 Å². The summed E-state index contributed by atoms with van der Waals surface area (Å²) in [6, 6.07) is 5.34. The maximum atomic E-state index is 12.8. The van der Waals surface area contributed by atoms with Gasteiger partial charge in [0.05, 0.1) is 10.5 Å². The highest BCUT2D eigenvalue weighted by Gasteiger charge is 2.01. The molecule has 70 valence electrons. The van der Waals surface area contributed by atoms with Gasteiger partial charge in [0.25, 0.3) is 0 Å². The minimum atomic E-state index is -0.634. The predicted octanol–water partition coefficient (Wildman–Crippen LogP) is 1.94. The molecule has 0 saturated heterocycles. The fraction of sp³-hybridized carbons (Fsp3) is 0. The van der Waals surface area contributed by atoms with E-state index in [-0.39, 0.29) is 5.56 Å². The van der Waals surface area contributed by atoms with Gasteiger partial charge in [0.15, 0.2) is 0 Å². The minimum Gasteiger partial charge on any atom is -0.259 e. The van der Waals surface area contributed by atoms with Crippen LogP contribution in [0, 0.1) is 27.3 Å². The van der Waals surface area contributed by atoms with Gasteiger partial charge in [-0.1, -0.05) is 6.07 Å². The number of nitro groups is 1. The molecule has 0 fully saturated rings. The quantitative estimate of drug-likeness (QED) is 0.531. The Morgan fingerprint density at radius 2 is 2.29 bits per heavy atom. The van der Waals surface area contributed by atoms with Gasteiger partial charge in [0, 0.05) is 6.08 Å². The van der Waals surface area contributed by atoms with E-state index in [2.05, 4.69) is 0 Å². The van der Waals surface area contributed by atoms with Gasteiger partial charge >= 0.3 is 0 Å². The molecule has 0 aliphatic carbocycles. The van der Waals surface area contributed by atoms with Crippen LogP contribution in [0.4, 0.5) is 4.39 Å². The Kier molecular flexibility index (Phi) is 2.92. The molecule has 0 aliphatic heterocycles. The molecule has 5 heteroatoms. The lowest BCUT2D eigenvalue weighted by atomic mass is 10.1. The Hall–Kier alpha value is -2.22. The van der Waals surface area contributed by atoms with Crippen molar-refractivity contribution in [1.82, 2.24) is 0 Å². The van der Waals surface area contributed by atoms with Crippen molar-refractivity contribution in [3.8, 4) is 6.07 Å². The highest BCUT2D eigenvalue weighted by Crippen LogP contribution is 2.10. The van der Waals surface area contributed by atoms with Gasteiger partial charge in [-0.05, 0) is 17.7 Å². The van der Waals surface area contributed by atoms with Gasteiger partial charge in [0.2, 0.25) is 6.20 Å². The summed E-state index contributed by atoms with van der Waals surface area (Å²) in [5, 5.41) is 18.4. The molecular formula is C9H5FN2O2. The van der Waals surface area contributed by atoms with Crippen LogP contribution in [-0.4, -0.2) is 4.92 Å². The van der Waals surface area contributed by atoms with E-state index in [9.17, 15) is 14.5 Å². The standard InChI is InChI=1S/C9H5FN2O2/c10-9-2-1-7(3-4-12(13)14)5-8(9)6-11/h1-5H. The summed E-state index contributed by atoms with van der Waals surface area (Å²) in [4.78, 5) is 9.34. The van der Waals surface area contributed by atoms with Gasteiger partial charge in [-0.15, -0.1) is 0 Å². The summed E-state index contributed by atoms with van der Waals surface area (Å²) in [5.41, 5.74) is 0.287. The molecule has 0 N–H and O–H groups in total. The molecule has 0 saturated carbocycles. The lowest BCUT2D eigenvalue weighted by molar-refractivity contribution is -0.400. The number of nitrogens with zero attached hydrogens (tertiary/aromatic N) is 2. The predicted molar refractivity (Wildman–Crippen MR) is 47.1 cm³/mol. The van der Waals surface area contributed by atoms with Crippen LogP contribution in [0.25, 0.3) is 6.08 Å². The summed E-state index contributed by atoms with van der Waals surface area (Å²) in [5.74, 6) is -0.634. The Labute approximate surface area is 79.0 Å². The van der Waals surface area contributed by atoms with E-state index in [1.54, 1.807) is 6.07 Å². The molecule has 0 aromatic heterocycles. The number of hydrogen-bond donors (Lipinski definition) is 0. The molecule has 0 aliphatic rings. The topological polar surface area (TPSA) is 66.9 Å². The Bertz CT molecular complexity index is 435. The highest BCUT2D eigenvalue weighted by molar-refractivity contribution is 5.51. The van der Waals surface area contributed by atoms with Gasteiger partial charge in [0.1, 0.15) is 11.9 Å². The average molecular weight is 192 g/mol. The fourth-order valence-electron chi connectivity index (χ4n) is 0.879. The summed E-state index contributed by atoms with van der Waals surface area (Å²) in [6.45, 7) is 0. The normalized spacial score (nSPS) is 10.0. The van der Waals surface area contributed by atoms with Crippen molar-refractivity contribution in [3.63, 3.8) is 0 Å². The van der Waals surface area contributed by atoms with Crippen LogP contribution >= 0.6 is 0 Å². The fourth-order valence-corrected chi connectivity index (χ4v) is 0.879. The highest BCUT2D eigenvalue weighted by atomic mass is 19.1. The second kappa shape index (κ2) is 4.14. The van der Waals surface area contributed by atoms with Crippen molar-refractivity contribution < 1.29 is 9.31 Å². The Balaban J connectivity index is 3.03. The van der Waals surface area contributed by atoms with E-state index in [0.29, 0.717) is 5.56 Å². The smallest absolute Gasteiger partial charge is 0.235 e. The van der Waals surface area contributed by atoms with Crippen LogP contribution in [0.5, 0.6) is 0 Å². The van der Waals surface area contributed by atoms with Crippen LogP contribution in [-0.2, 0) is 0 Å². The zero-order chi connectivity index (χ0) is 10.6. The molecule has 4 nitrogen and oxygen atoms in total. The first-order chi connectivity index (χ1) is 6.63. The van der Waals surface area contributed by atoms with Crippen molar-refractivity contribution >= 4 is 6.08 Å². The van der Waals surface area contributed by atoms with Crippen LogP contribution in [0.3, 0.4) is 0 Å². The van der Waals surface area contributed by atoms with Gasteiger partial charge < -0.3 is 0 Å². The van der Waals surface area contributed by atoms with Gasteiger partial charge in [-0.3, -0.25) is 10.1 Å². The zero-order valence-electron chi connectivity index (χ0n) is 6.98. The molecule has 0 atom stereocenters. The Morgan fingerprint density at radius 1 is 1.57 bits per heavy atom. The molecule has 14 heavy (non-hydrogen) atoms. The third-order valence-electron chi connectivity index (χ3n) is 1.50. The summed E-state index contributed by atoms with van der Waals surface area (Å²) in [7, 11) is 0. The van der Waals surface area contributed by atoms with Crippen molar-refractivity contribution in [2.45, 2.75) is 0 Å². The van der Waals surface area contributed by atoms with E-state index >= 15 is 0 Å². The average Bonchev–Trinajstić information content (AvgIpc) is 2.16. The summed E-state index contributed by atoms with van der Waals surface area (Å²) in [6.07, 6.45) is 1.93. The first kappa shape index (κ1) is 9.86. The van der Waals surface area contributed by atoms with Crippen LogP contribution in [0.2, 0.25) is 0 Å². The minimum absolute atomic E-state index is 0.129. The molecule has 1 rings (SSSR count). The van der Waals surface area contributed by atoms with E-state index in [4.69, 9.17) is 5.26 Å². The van der Waals surface area contributed by atoms with Gasteiger partial charge in [-0.25, -0.2) is 4.39 Å². The zero-order valence-corrected chi connectivity index (χ0v) is 6.98.